The van der Waals surface area contributed by atoms with Crippen LogP contribution in [0.1, 0.15) is 66.0 Å². The maximum Gasteiger partial charge on any atom is 0 e. The van der Waals surface area contributed by atoms with Gasteiger partial charge in [-0.2, -0.15) is 0 Å². The molecule has 0 aliphatic heterocycles. The normalized spacial score (nSPS) is 12.6. The zero-order chi connectivity index (χ0) is 43.2. The molecule has 59 heavy (non-hydrogen) atoms. The maximum absolute atomic E-state index is 7.35. The summed E-state index contributed by atoms with van der Waals surface area (Å²) in [6.45, 7) is 9.02. The molecule has 0 amide bonds. The molecule has 0 bridgehead atoms. The van der Waals surface area contributed by atoms with Crippen LogP contribution in [0.15, 0.2) is 132 Å². The molecule has 0 saturated carbocycles. The molecule has 4 heterocycles. The van der Waals surface area contributed by atoms with Crippen molar-refractivity contribution >= 4 is 50.8 Å². The zero-order valence-electron chi connectivity index (χ0n) is 37.8. The Bertz CT molecular complexity index is 2920. The smallest absolute Gasteiger partial charge is 0 e. The summed E-state index contributed by atoms with van der Waals surface area (Å²) in [6, 6.07) is 47.6. The van der Waals surface area contributed by atoms with Gasteiger partial charge in [-0.15, -0.1) is 23.8 Å². The molecular weight excluding hydrogens is 961 g/mol. The van der Waals surface area contributed by atoms with Crippen molar-refractivity contribution in [2.24, 2.45) is 0 Å². The number of hydrogen-bond donors (Lipinski definition) is 0. The third-order valence-corrected chi connectivity index (χ3v) is 14.9. The van der Waals surface area contributed by atoms with E-state index in [-0.39, 0.29) is 20.1 Å². The van der Waals surface area contributed by atoms with E-state index in [1.165, 1.54) is 38.4 Å². The van der Waals surface area contributed by atoms with Crippen molar-refractivity contribution in [3.63, 3.8) is 0 Å². The maximum atomic E-state index is 7.35. The molecule has 0 aliphatic carbocycles. The van der Waals surface area contributed by atoms with Crippen molar-refractivity contribution in [1.82, 2.24) is 19.5 Å². The topological polar surface area (TPSA) is 56.7 Å². The quantitative estimate of drug-likeness (QED) is 0.118. The van der Waals surface area contributed by atoms with Gasteiger partial charge in [0.15, 0.2) is 0 Å². The molecule has 0 atom stereocenters. The Morgan fingerprint density at radius 1 is 0.712 bits per heavy atom. The second-order valence-electron chi connectivity index (χ2n) is 16.6. The number of rotatable bonds is 7. The predicted octanol–water partition coefficient (Wildman–Crippen LogP) is 13.4. The number of fused-ring (bicyclic) bond motifs is 4. The van der Waals surface area contributed by atoms with Crippen LogP contribution < -0.4 is 4.40 Å². The van der Waals surface area contributed by atoms with Gasteiger partial charge in [0, 0.05) is 36.9 Å². The van der Waals surface area contributed by atoms with Crippen LogP contribution >= 0.6 is 0 Å². The van der Waals surface area contributed by atoms with E-state index in [9.17, 15) is 0 Å². The molecule has 9 aromatic rings. The molecule has 4 aromatic heterocycles. The van der Waals surface area contributed by atoms with Crippen LogP contribution in [-0.4, -0.2) is 32.8 Å². The van der Waals surface area contributed by atoms with Crippen molar-refractivity contribution in [2.75, 3.05) is 0 Å². The number of furan rings is 1. The number of aryl methyl sites for hydroxylation is 2. The van der Waals surface area contributed by atoms with Crippen molar-refractivity contribution in [3.05, 3.63) is 162 Å². The van der Waals surface area contributed by atoms with Gasteiger partial charge in [-0.05, 0) is 77.4 Å². The SMILES string of the molecule is Cc1ccc2c(n1)oc1c[c-]c(-c3nc4ccccc4n3-c3c(C(C)C)cc(-c4ccccc4)cc3C(C)C)cc12.[2H]C([2H])([2H])c1c[c-]c(-c2cc[c]([Ge]([CH3])([CH3])[CH3])cn2)cc1.[Ir]. The Morgan fingerprint density at radius 2 is 1.42 bits per heavy atom. The van der Waals surface area contributed by atoms with Gasteiger partial charge in [0.25, 0.3) is 0 Å². The van der Waals surface area contributed by atoms with Gasteiger partial charge >= 0.3 is 110 Å². The monoisotopic (exact) mass is 1020 g/mol. The second-order valence-corrected chi connectivity index (χ2v) is 27.3. The van der Waals surface area contributed by atoms with Gasteiger partial charge in [0.05, 0.1) is 22.4 Å². The summed E-state index contributed by atoms with van der Waals surface area (Å²) in [5.74, 6) is 8.46. The molecule has 5 nitrogen and oxygen atoms in total. The van der Waals surface area contributed by atoms with Gasteiger partial charge in [-0.1, -0.05) is 75.5 Å². The van der Waals surface area contributed by atoms with E-state index in [0.29, 0.717) is 23.1 Å². The molecule has 299 valence electrons. The minimum absolute atomic E-state index is 0. The summed E-state index contributed by atoms with van der Waals surface area (Å²) in [4.78, 5) is 14.3. The van der Waals surface area contributed by atoms with Crippen LogP contribution in [0.3, 0.4) is 0 Å². The summed E-state index contributed by atoms with van der Waals surface area (Å²) < 4.78 is 31.8. The molecular formula is C52H50GeIrN4O-2. The molecule has 0 aliphatic rings. The van der Waals surface area contributed by atoms with Gasteiger partial charge in [0.1, 0.15) is 0 Å². The molecule has 1 radical (unpaired) electrons. The van der Waals surface area contributed by atoms with Gasteiger partial charge in [-0.3, -0.25) is 4.98 Å². The molecule has 0 unspecified atom stereocenters. The van der Waals surface area contributed by atoms with Crippen molar-refractivity contribution < 1.29 is 28.6 Å². The van der Waals surface area contributed by atoms with Crippen LogP contribution in [0, 0.1) is 25.9 Å². The summed E-state index contributed by atoms with van der Waals surface area (Å²) >= 11 is -1.83. The van der Waals surface area contributed by atoms with Crippen LogP contribution in [-0.2, 0) is 20.1 Å². The number of para-hydroxylation sites is 2. The van der Waals surface area contributed by atoms with E-state index in [0.717, 1.165) is 55.7 Å². The van der Waals surface area contributed by atoms with Gasteiger partial charge in [0.2, 0.25) is 5.71 Å². The predicted molar refractivity (Wildman–Crippen MR) is 245 cm³/mol. The molecule has 9 rings (SSSR count). The number of pyridine rings is 2. The summed E-state index contributed by atoms with van der Waals surface area (Å²) in [7, 11) is 0. The van der Waals surface area contributed by atoms with Gasteiger partial charge in [-0.25, -0.2) is 4.98 Å². The molecule has 7 heteroatoms. The Balaban J connectivity index is 0.000000233. The largest absolute Gasteiger partial charge is 0 e. The first-order valence-corrected chi connectivity index (χ1v) is 27.3. The van der Waals surface area contributed by atoms with Gasteiger partial charge < -0.3 is 8.98 Å². The summed E-state index contributed by atoms with van der Waals surface area (Å²) in [5, 5.41) is 2.02. The average molecular weight is 1010 g/mol. The molecule has 0 saturated heterocycles. The van der Waals surface area contributed by atoms with Crippen molar-refractivity contribution in [2.45, 2.75) is 70.6 Å². The third-order valence-electron chi connectivity index (χ3n) is 10.7. The fourth-order valence-corrected chi connectivity index (χ4v) is 9.62. The Kier molecular flexibility index (Phi) is 11.1. The van der Waals surface area contributed by atoms with Crippen molar-refractivity contribution in [1.29, 1.82) is 0 Å². The number of nitrogens with zero attached hydrogens (tertiary/aromatic N) is 4. The number of benzene rings is 5. The van der Waals surface area contributed by atoms with Crippen LogP contribution in [0.4, 0.5) is 0 Å². The molecule has 0 N–H and O–H groups in total. The first-order valence-electron chi connectivity index (χ1n) is 21.5. The van der Waals surface area contributed by atoms with E-state index in [1.807, 2.05) is 31.3 Å². The number of aromatic nitrogens is 4. The van der Waals surface area contributed by atoms with Crippen LogP contribution in [0.2, 0.25) is 17.3 Å². The second kappa shape index (κ2) is 17.2. The van der Waals surface area contributed by atoms with E-state index in [1.54, 1.807) is 12.1 Å². The number of imidazole rings is 1. The van der Waals surface area contributed by atoms with E-state index in [2.05, 4.69) is 157 Å². The average Bonchev–Trinajstić information content (AvgIpc) is 3.81. The Hall–Kier alpha value is -5.14. The zero-order valence-corrected chi connectivity index (χ0v) is 39.3. The Morgan fingerprint density at radius 3 is 2.07 bits per heavy atom. The molecule has 0 spiro atoms. The van der Waals surface area contributed by atoms with E-state index < -0.39 is 20.1 Å². The fraction of sp³-hybridized carbons (Fsp3) is 0.212. The summed E-state index contributed by atoms with van der Waals surface area (Å²) in [5.41, 5.74) is 13.6. The molecule has 5 aromatic carbocycles. The minimum Gasteiger partial charge on any atom is 0 e. The van der Waals surface area contributed by atoms with E-state index in [4.69, 9.17) is 13.5 Å². The van der Waals surface area contributed by atoms with Crippen LogP contribution in [0.5, 0.6) is 0 Å². The van der Waals surface area contributed by atoms with E-state index >= 15 is 0 Å². The first-order chi connectivity index (χ1) is 29.1. The standard InChI is InChI=1S/C37H32N3O.C15H18GeN.Ir/c1-22(2)29-20-27(25-11-7-6-8-12-25)21-30(23(3)4)35(29)40-33-14-10-9-13-32(33)39-36(40)26-16-18-34-31(19-26)28-17-15-24(5)38-37(28)41-34;1-12-5-7-13(8-6-12)15-10-9-14(11-17-15)16(2,3)4;/h6-15,17-23H,1-5H3;5-7,9-11H,1-4H3;/q2*-1;/i;1D3;. The Labute approximate surface area is 368 Å². The summed E-state index contributed by atoms with van der Waals surface area (Å²) in [6.07, 6.45) is 1.95. The first kappa shape index (κ1) is 38.1. The third kappa shape index (κ3) is 8.63. The number of hydrogen-bond acceptors (Lipinski definition) is 4. The van der Waals surface area contributed by atoms with Crippen LogP contribution in [0.25, 0.3) is 72.6 Å². The molecule has 0 fully saturated rings. The minimum atomic E-state index is -2.08. The fourth-order valence-electron chi connectivity index (χ4n) is 7.45. The van der Waals surface area contributed by atoms with Crippen molar-refractivity contribution in [3.8, 4) is 39.5 Å².